The Hall–Kier alpha value is -2.23. The lowest BCUT2D eigenvalue weighted by Crippen LogP contribution is -2.03. The SMILES string of the molecule is COCCOCc1cccc(Nc2nc(SC)ncc2[N+](=O)[O-])c1. The van der Waals surface area contributed by atoms with Gasteiger partial charge in [-0.15, -0.1) is 0 Å². The molecule has 1 N–H and O–H groups in total. The highest BCUT2D eigenvalue weighted by Gasteiger charge is 2.17. The number of nitrogens with one attached hydrogen (secondary N) is 1. The zero-order valence-corrected chi connectivity index (χ0v) is 14.2. The summed E-state index contributed by atoms with van der Waals surface area (Å²) in [6.07, 6.45) is 3.02. The standard InChI is InChI=1S/C15H18N4O4S/c1-22-6-7-23-10-11-4-3-5-12(8-11)17-14-13(19(20)21)9-16-15(18-14)24-2/h3-5,8-9H,6-7,10H2,1-2H3,(H,16,17,18). The summed E-state index contributed by atoms with van der Waals surface area (Å²) in [7, 11) is 1.62. The van der Waals surface area contributed by atoms with Gasteiger partial charge in [-0.25, -0.2) is 4.98 Å². The second kappa shape index (κ2) is 9.16. The maximum Gasteiger partial charge on any atom is 0.329 e. The molecule has 0 fully saturated rings. The van der Waals surface area contributed by atoms with Crippen molar-refractivity contribution in [2.75, 3.05) is 31.9 Å². The number of benzene rings is 1. The average Bonchev–Trinajstić information content (AvgIpc) is 2.59. The maximum atomic E-state index is 11.1. The third-order valence-corrected chi connectivity index (χ3v) is 3.58. The van der Waals surface area contributed by atoms with Gasteiger partial charge in [0.2, 0.25) is 5.82 Å². The Morgan fingerprint density at radius 1 is 1.38 bits per heavy atom. The molecule has 0 radical (unpaired) electrons. The van der Waals surface area contributed by atoms with Gasteiger partial charge in [-0.3, -0.25) is 10.1 Å². The molecular weight excluding hydrogens is 332 g/mol. The number of nitrogens with zero attached hydrogens (tertiary/aromatic N) is 3. The van der Waals surface area contributed by atoms with Crippen molar-refractivity contribution in [1.82, 2.24) is 9.97 Å². The second-order valence-electron chi connectivity index (χ2n) is 4.72. The molecule has 0 atom stereocenters. The van der Waals surface area contributed by atoms with Gasteiger partial charge in [-0.2, -0.15) is 4.98 Å². The normalized spacial score (nSPS) is 10.6. The maximum absolute atomic E-state index is 11.1. The number of rotatable bonds is 9. The van der Waals surface area contributed by atoms with Gasteiger partial charge < -0.3 is 14.8 Å². The average molecular weight is 350 g/mol. The molecule has 0 saturated heterocycles. The molecule has 2 aromatic rings. The van der Waals surface area contributed by atoms with E-state index in [1.165, 1.54) is 18.0 Å². The molecule has 2 rings (SSSR count). The molecule has 128 valence electrons. The summed E-state index contributed by atoms with van der Waals surface area (Å²) in [5.74, 6) is 0.164. The molecule has 1 aromatic carbocycles. The van der Waals surface area contributed by atoms with Gasteiger partial charge in [0.05, 0.1) is 24.7 Å². The molecule has 0 unspecified atom stereocenters. The van der Waals surface area contributed by atoms with E-state index >= 15 is 0 Å². The second-order valence-corrected chi connectivity index (χ2v) is 5.49. The van der Waals surface area contributed by atoms with E-state index in [9.17, 15) is 10.1 Å². The predicted octanol–water partition coefficient (Wildman–Crippen LogP) is 3.01. The number of methoxy groups -OCH3 is 1. The Kier molecular flexibility index (Phi) is 6.91. The minimum Gasteiger partial charge on any atom is -0.382 e. The van der Waals surface area contributed by atoms with E-state index in [1.54, 1.807) is 7.11 Å². The monoisotopic (exact) mass is 350 g/mol. The Balaban J connectivity index is 2.14. The number of nitro groups is 1. The van der Waals surface area contributed by atoms with Crippen molar-refractivity contribution >= 4 is 29.0 Å². The van der Waals surface area contributed by atoms with Gasteiger partial charge >= 0.3 is 5.69 Å². The molecule has 24 heavy (non-hydrogen) atoms. The topological polar surface area (TPSA) is 99.4 Å². The first-order valence-electron chi connectivity index (χ1n) is 7.12. The van der Waals surface area contributed by atoms with Gasteiger partial charge in [0, 0.05) is 12.8 Å². The van der Waals surface area contributed by atoms with Crippen LogP contribution in [-0.2, 0) is 16.1 Å². The quantitative estimate of drug-likeness (QED) is 0.242. The van der Waals surface area contributed by atoms with Gasteiger partial charge in [0.25, 0.3) is 0 Å². The highest BCUT2D eigenvalue weighted by Crippen LogP contribution is 2.27. The summed E-state index contributed by atoms with van der Waals surface area (Å²) in [6, 6.07) is 7.43. The van der Waals surface area contributed by atoms with Crippen LogP contribution in [0, 0.1) is 10.1 Å². The fourth-order valence-electron chi connectivity index (χ4n) is 1.89. The highest BCUT2D eigenvalue weighted by molar-refractivity contribution is 7.98. The van der Waals surface area contributed by atoms with Crippen molar-refractivity contribution < 1.29 is 14.4 Å². The van der Waals surface area contributed by atoms with Crippen molar-refractivity contribution in [2.45, 2.75) is 11.8 Å². The first kappa shape index (κ1) is 18.1. The molecule has 0 spiro atoms. The van der Waals surface area contributed by atoms with Crippen molar-refractivity contribution in [3.8, 4) is 0 Å². The molecule has 8 nitrogen and oxygen atoms in total. The number of aromatic nitrogens is 2. The number of hydrogen-bond donors (Lipinski definition) is 1. The van der Waals surface area contributed by atoms with Crippen molar-refractivity contribution in [1.29, 1.82) is 0 Å². The lowest BCUT2D eigenvalue weighted by atomic mass is 10.2. The molecule has 0 amide bonds. The molecular formula is C15H18N4O4S. The van der Waals surface area contributed by atoms with E-state index in [0.29, 0.717) is 30.7 Å². The van der Waals surface area contributed by atoms with Crippen molar-refractivity contribution in [3.63, 3.8) is 0 Å². The minimum atomic E-state index is -0.510. The van der Waals surface area contributed by atoms with Crippen LogP contribution in [0.3, 0.4) is 0 Å². The summed E-state index contributed by atoms with van der Waals surface area (Å²) in [6.45, 7) is 1.46. The lowest BCUT2D eigenvalue weighted by molar-refractivity contribution is -0.384. The van der Waals surface area contributed by atoms with Gasteiger partial charge in [-0.05, 0) is 24.0 Å². The van der Waals surface area contributed by atoms with Crippen molar-refractivity contribution in [2.24, 2.45) is 0 Å². The van der Waals surface area contributed by atoms with Gasteiger partial charge in [0.15, 0.2) is 5.16 Å². The molecule has 0 saturated carbocycles. The van der Waals surface area contributed by atoms with Gasteiger partial charge in [0.1, 0.15) is 6.20 Å². The summed E-state index contributed by atoms with van der Waals surface area (Å²) in [4.78, 5) is 18.7. The zero-order valence-electron chi connectivity index (χ0n) is 13.4. The van der Waals surface area contributed by atoms with Gasteiger partial charge in [-0.1, -0.05) is 23.9 Å². The van der Waals surface area contributed by atoms with Crippen LogP contribution in [0.2, 0.25) is 0 Å². The van der Waals surface area contributed by atoms with E-state index < -0.39 is 4.92 Å². The summed E-state index contributed by atoms with van der Waals surface area (Å²) >= 11 is 1.32. The molecule has 0 aliphatic rings. The largest absolute Gasteiger partial charge is 0.382 e. The van der Waals surface area contributed by atoms with Crippen LogP contribution < -0.4 is 5.32 Å². The van der Waals surface area contributed by atoms with Crippen LogP contribution >= 0.6 is 11.8 Å². The van der Waals surface area contributed by atoms with Crippen LogP contribution in [0.5, 0.6) is 0 Å². The molecule has 0 aliphatic carbocycles. The minimum absolute atomic E-state index is 0.164. The highest BCUT2D eigenvalue weighted by atomic mass is 32.2. The number of ether oxygens (including phenoxy) is 2. The first-order valence-corrected chi connectivity index (χ1v) is 8.34. The third-order valence-electron chi connectivity index (χ3n) is 3.02. The molecule has 1 aromatic heterocycles. The van der Waals surface area contributed by atoms with E-state index in [0.717, 1.165) is 5.56 Å². The molecule has 1 heterocycles. The van der Waals surface area contributed by atoms with E-state index in [1.807, 2.05) is 30.5 Å². The Morgan fingerprint density at radius 3 is 2.92 bits per heavy atom. The number of hydrogen-bond acceptors (Lipinski definition) is 8. The predicted molar refractivity (Wildman–Crippen MR) is 91.7 cm³/mol. The molecule has 9 heteroatoms. The summed E-state index contributed by atoms with van der Waals surface area (Å²) in [5.41, 5.74) is 1.46. The van der Waals surface area contributed by atoms with Crippen LogP contribution in [0.25, 0.3) is 0 Å². The Bertz CT molecular complexity index is 699. The molecule has 0 aliphatic heterocycles. The fourth-order valence-corrected chi connectivity index (χ4v) is 2.23. The summed E-state index contributed by atoms with van der Waals surface area (Å²) < 4.78 is 10.4. The van der Waals surface area contributed by atoms with Crippen LogP contribution in [0.4, 0.5) is 17.2 Å². The Morgan fingerprint density at radius 2 is 2.21 bits per heavy atom. The Labute approximate surface area is 143 Å². The number of thioether (sulfide) groups is 1. The van der Waals surface area contributed by atoms with E-state index in [2.05, 4.69) is 15.3 Å². The lowest BCUT2D eigenvalue weighted by Gasteiger charge is -2.09. The first-order chi connectivity index (χ1) is 11.6. The van der Waals surface area contributed by atoms with Crippen molar-refractivity contribution in [3.05, 3.63) is 46.1 Å². The zero-order chi connectivity index (χ0) is 17.4. The van der Waals surface area contributed by atoms with Crippen LogP contribution in [-0.4, -0.2) is 41.5 Å². The smallest absolute Gasteiger partial charge is 0.329 e. The molecule has 0 bridgehead atoms. The van der Waals surface area contributed by atoms with E-state index in [4.69, 9.17) is 9.47 Å². The number of anilines is 2. The van der Waals surface area contributed by atoms with E-state index in [-0.39, 0.29) is 11.5 Å². The third kappa shape index (κ3) is 5.15. The van der Waals surface area contributed by atoms with Crippen LogP contribution in [0.15, 0.2) is 35.6 Å². The summed E-state index contributed by atoms with van der Waals surface area (Å²) in [5, 5.41) is 14.6. The fraction of sp³-hybridized carbons (Fsp3) is 0.333. The van der Waals surface area contributed by atoms with Crippen LogP contribution in [0.1, 0.15) is 5.56 Å².